The van der Waals surface area contributed by atoms with Crippen molar-refractivity contribution in [3.8, 4) is 11.1 Å². The summed E-state index contributed by atoms with van der Waals surface area (Å²) in [7, 11) is 0. The summed E-state index contributed by atoms with van der Waals surface area (Å²) in [6.45, 7) is 9.70. The van der Waals surface area contributed by atoms with Crippen molar-refractivity contribution in [2.24, 2.45) is 5.92 Å². The number of ether oxygens (including phenoxy) is 3. The van der Waals surface area contributed by atoms with Gasteiger partial charge in [0.25, 0.3) is 0 Å². The molecule has 0 radical (unpaired) electrons. The molecule has 1 aliphatic rings. The average Bonchev–Trinajstić information content (AvgIpc) is 3.16. The van der Waals surface area contributed by atoms with Gasteiger partial charge >= 0.3 is 24.1 Å². The van der Waals surface area contributed by atoms with Crippen LogP contribution in [0.5, 0.6) is 0 Å². The van der Waals surface area contributed by atoms with E-state index in [9.17, 15) is 24.3 Å². The third-order valence-corrected chi connectivity index (χ3v) is 6.25. The number of fused-ring (bicyclic) bond motifs is 3. The Labute approximate surface area is 228 Å². The molecule has 0 saturated carbocycles. The van der Waals surface area contributed by atoms with Gasteiger partial charge in [0.1, 0.15) is 24.4 Å². The predicted molar refractivity (Wildman–Crippen MR) is 143 cm³/mol. The fraction of sp³-hybridized carbons (Fsp3) is 0.448. The summed E-state index contributed by atoms with van der Waals surface area (Å²) in [4.78, 5) is 49.5. The van der Waals surface area contributed by atoms with Gasteiger partial charge < -0.3 is 30.0 Å². The number of hydrogen-bond donors (Lipinski definition) is 3. The summed E-state index contributed by atoms with van der Waals surface area (Å²) in [6, 6.07) is 13.2. The van der Waals surface area contributed by atoms with Gasteiger partial charge in [0, 0.05) is 5.92 Å². The van der Waals surface area contributed by atoms with Crippen LogP contribution in [0.25, 0.3) is 11.1 Å². The maximum Gasteiger partial charge on any atom is 0.408 e. The lowest BCUT2D eigenvalue weighted by Crippen LogP contribution is -2.53. The second kappa shape index (κ2) is 12.2. The van der Waals surface area contributed by atoms with Crippen LogP contribution in [-0.2, 0) is 23.8 Å². The molecule has 210 valence electrons. The molecule has 3 N–H and O–H groups in total. The Bertz CT molecular complexity index is 1170. The standard InChI is InChI=1S/C29H36N2O8/c1-16(2)23(26(34)38-17(3)24(25(32)33)31-28(36)39-29(4,5)6)30-27(35)37-15-22-20-13-9-7-11-18(20)19-12-8-10-14-21(19)22/h7-14,16-17,22-24H,15H2,1-6H3,(H,30,35)(H,31,36)(H,32,33)/t17-,23-,24+/m0/s1. The Morgan fingerprint density at radius 3 is 1.85 bits per heavy atom. The fourth-order valence-electron chi connectivity index (χ4n) is 4.40. The minimum absolute atomic E-state index is 0.0665. The van der Waals surface area contributed by atoms with Gasteiger partial charge in [-0.15, -0.1) is 0 Å². The zero-order valence-corrected chi connectivity index (χ0v) is 23.0. The summed E-state index contributed by atoms with van der Waals surface area (Å²) in [5.74, 6) is -2.81. The van der Waals surface area contributed by atoms with E-state index in [1.54, 1.807) is 34.6 Å². The Balaban J connectivity index is 1.62. The van der Waals surface area contributed by atoms with Crippen molar-refractivity contribution in [3.63, 3.8) is 0 Å². The minimum atomic E-state index is -1.56. The third-order valence-electron chi connectivity index (χ3n) is 6.25. The highest BCUT2D eigenvalue weighted by Crippen LogP contribution is 2.44. The van der Waals surface area contributed by atoms with Crippen molar-refractivity contribution in [1.29, 1.82) is 0 Å². The van der Waals surface area contributed by atoms with Crippen LogP contribution in [0.15, 0.2) is 48.5 Å². The van der Waals surface area contributed by atoms with Crippen LogP contribution in [0, 0.1) is 5.92 Å². The van der Waals surface area contributed by atoms with Crippen molar-refractivity contribution in [2.45, 2.75) is 71.2 Å². The Morgan fingerprint density at radius 2 is 1.36 bits per heavy atom. The largest absolute Gasteiger partial charge is 0.480 e. The van der Waals surface area contributed by atoms with Crippen molar-refractivity contribution in [1.82, 2.24) is 10.6 Å². The van der Waals surface area contributed by atoms with E-state index in [1.165, 1.54) is 6.92 Å². The van der Waals surface area contributed by atoms with E-state index in [1.807, 2.05) is 48.5 Å². The van der Waals surface area contributed by atoms with E-state index in [2.05, 4.69) is 10.6 Å². The van der Waals surface area contributed by atoms with Gasteiger partial charge in [-0.2, -0.15) is 0 Å². The lowest BCUT2D eigenvalue weighted by Gasteiger charge is -2.27. The number of nitrogens with one attached hydrogen (secondary N) is 2. The number of hydrogen-bond acceptors (Lipinski definition) is 7. The zero-order valence-electron chi connectivity index (χ0n) is 23.0. The van der Waals surface area contributed by atoms with Gasteiger partial charge in [-0.25, -0.2) is 19.2 Å². The first-order valence-corrected chi connectivity index (χ1v) is 12.8. The summed E-state index contributed by atoms with van der Waals surface area (Å²) in [6.07, 6.45) is -3.02. The van der Waals surface area contributed by atoms with Crippen LogP contribution in [0.1, 0.15) is 58.6 Å². The lowest BCUT2D eigenvalue weighted by molar-refractivity contribution is -0.157. The molecule has 2 amide bonds. The number of carbonyl (C=O) groups excluding carboxylic acids is 3. The normalized spacial score (nSPS) is 14.8. The molecule has 3 atom stereocenters. The highest BCUT2D eigenvalue weighted by Gasteiger charge is 2.35. The second-order valence-corrected chi connectivity index (χ2v) is 10.8. The lowest BCUT2D eigenvalue weighted by atomic mass is 9.98. The van der Waals surface area contributed by atoms with Crippen molar-refractivity contribution in [2.75, 3.05) is 6.61 Å². The summed E-state index contributed by atoms with van der Waals surface area (Å²) < 4.78 is 16.0. The molecule has 0 spiro atoms. The minimum Gasteiger partial charge on any atom is -0.480 e. The maximum absolute atomic E-state index is 12.9. The number of alkyl carbamates (subject to hydrolysis) is 2. The number of carbonyl (C=O) groups is 4. The average molecular weight is 541 g/mol. The monoisotopic (exact) mass is 540 g/mol. The van der Waals surface area contributed by atoms with Crippen LogP contribution in [0.4, 0.5) is 9.59 Å². The van der Waals surface area contributed by atoms with Gasteiger partial charge in [-0.05, 0) is 55.9 Å². The van der Waals surface area contributed by atoms with Crippen molar-refractivity contribution < 1.29 is 38.5 Å². The van der Waals surface area contributed by atoms with E-state index < -0.39 is 53.8 Å². The molecule has 10 heteroatoms. The molecule has 0 heterocycles. The van der Waals surface area contributed by atoms with E-state index in [0.717, 1.165) is 22.3 Å². The van der Waals surface area contributed by atoms with Gasteiger partial charge in [0.15, 0.2) is 6.04 Å². The molecule has 0 bridgehead atoms. The molecule has 39 heavy (non-hydrogen) atoms. The van der Waals surface area contributed by atoms with E-state index >= 15 is 0 Å². The van der Waals surface area contributed by atoms with Gasteiger partial charge in [0.05, 0.1) is 0 Å². The first-order valence-electron chi connectivity index (χ1n) is 12.8. The van der Waals surface area contributed by atoms with Crippen LogP contribution in [0.2, 0.25) is 0 Å². The summed E-state index contributed by atoms with van der Waals surface area (Å²) in [5.41, 5.74) is 3.44. The molecule has 1 aliphatic carbocycles. The first-order chi connectivity index (χ1) is 18.3. The molecule has 2 aromatic carbocycles. The predicted octanol–water partition coefficient (Wildman–Crippen LogP) is 4.46. The quantitative estimate of drug-likeness (QED) is 0.313. The second-order valence-electron chi connectivity index (χ2n) is 10.8. The van der Waals surface area contributed by atoms with Crippen LogP contribution in [-0.4, -0.2) is 59.6 Å². The van der Waals surface area contributed by atoms with E-state index in [-0.39, 0.29) is 12.5 Å². The fourth-order valence-corrected chi connectivity index (χ4v) is 4.40. The molecule has 0 aliphatic heterocycles. The van der Waals surface area contributed by atoms with Crippen molar-refractivity contribution >= 4 is 24.1 Å². The Morgan fingerprint density at radius 1 is 0.846 bits per heavy atom. The molecular formula is C29H36N2O8. The number of rotatable bonds is 9. The van der Waals surface area contributed by atoms with Crippen LogP contribution in [0.3, 0.4) is 0 Å². The molecule has 0 unspecified atom stereocenters. The van der Waals surface area contributed by atoms with Gasteiger partial charge in [0.2, 0.25) is 0 Å². The highest BCUT2D eigenvalue weighted by atomic mass is 16.6. The van der Waals surface area contributed by atoms with E-state index in [0.29, 0.717) is 0 Å². The highest BCUT2D eigenvalue weighted by molar-refractivity contribution is 5.84. The number of carboxylic acids is 1. The Kier molecular flexibility index (Phi) is 9.21. The molecule has 3 rings (SSSR count). The zero-order chi connectivity index (χ0) is 28.9. The molecule has 10 nitrogen and oxygen atoms in total. The summed E-state index contributed by atoms with van der Waals surface area (Å²) >= 11 is 0. The third kappa shape index (κ3) is 7.49. The van der Waals surface area contributed by atoms with Crippen LogP contribution < -0.4 is 10.6 Å². The number of amides is 2. The maximum atomic E-state index is 12.9. The number of aliphatic carboxylic acids is 1. The summed E-state index contributed by atoms with van der Waals surface area (Å²) in [5, 5.41) is 14.3. The molecule has 0 saturated heterocycles. The smallest absolute Gasteiger partial charge is 0.408 e. The molecule has 0 fully saturated rings. The van der Waals surface area contributed by atoms with Gasteiger partial charge in [-0.3, -0.25) is 0 Å². The Hall–Kier alpha value is -4.08. The van der Waals surface area contributed by atoms with Crippen molar-refractivity contribution in [3.05, 3.63) is 59.7 Å². The molecule has 0 aromatic heterocycles. The SMILES string of the molecule is CC(C)[C@H](NC(=O)OCC1c2ccccc2-c2ccccc21)C(=O)O[C@@H](C)[C@@H](NC(=O)OC(C)(C)C)C(=O)O. The topological polar surface area (TPSA) is 140 Å². The first kappa shape index (κ1) is 29.5. The van der Waals surface area contributed by atoms with Crippen LogP contribution >= 0.6 is 0 Å². The molecule has 2 aromatic rings. The molecular weight excluding hydrogens is 504 g/mol. The number of carboxylic acid groups (broad SMARTS) is 1. The van der Waals surface area contributed by atoms with E-state index in [4.69, 9.17) is 14.2 Å². The number of benzene rings is 2. The van der Waals surface area contributed by atoms with Gasteiger partial charge in [-0.1, -0.05) is 62.4 Å². The number of esters is 1.